The quantitative estimate of drug-likeness (QED) is 0.695. The molecule has 2 aromatic heterocycles. The second kappa shape index (κ2) is 10.6. The summed E-state index contributed by atoms with van der Waals surface area (Å²) in [5.74, 6) is -0.954. The van der Waals surface area contributed by atoms with Crippen molar-refractivity contribution in [3.8, 4) is 0 Å². The molecule has 1 atom stereocenters. The summed E-state index contributed by atoms with van der Waals surface area (Å²) in [6.45, 7) is 7.01. The number of hydrogen-bond acceptors (Lipinski definition) is 7. The minimum absolute atomic E-state index is 0.0409. The number of amides is 1. The summed E-state index contributed by atoms with van der Waals surface area (Å²) in [5, 5.41) is 11.2. The number of aliphatic carboxylic acids is 1. The Morgan fingerprint density at radius 3 is 2.53 bits per heavy atom. The number of fused-ring (bicyclic) bond motifs is 1. The molecule has 178 valence electrons. The number of aromatic nitrogens is 3. The van der Waals surface area contributed by atoms with Crippen molar-refractivity contribution in [1.82, 2.24) is 24.5 Å². The molecule has 3 heterocycles. The maximum Gasteiger partial charge on any atom is 0.490 e. The predicted molar refractivity (Wildman–Crippen MR) is 104 cm³/mol. The van der Waals surface area contributed by atoms with E-state index < -0.39 is 12.1 Å². The van der Waals surface area contributed by atoms with Gasteiger partial charge in [-0.1, -0.05) is 5.16 Å². The van der Waals surface area contributed by atoms with Crippen LogP contribution in [0.5, 0.6) is 0 Å². The van der Waals surface area contributed by atoms with Gasteiger partial charge in [-0.15, -0.1) is 0 Å². The number of aryl methyl sites for hydroxylation is 1. The molecule has 3 rings (SSSR count). The van der Waals surface area contributed by atoms with Crippen molar-refractivity contribution in [3.63, 3.8) is 0 Å². The van der Waals surface area contributed by atoms with Crippen molar-refractivity contribution in [3.05, 3.63) is 35.2 Å². The van der Waals surface area contributed by atoms with Crippen molar-refractivity contribution < 1.29 is 37.1 Å². The molecule has 1 N–H and O–H groups in total. The number of carbonyl (C=O) groups excluding carboxylic acids is 1. The van der Waals surface area contributed by atoms with E-state index in [0.717, 1.165) is 42.6 Å². The highest BCUT2D eigenvalue weighted by Gasteiger charge is 2.38. The highest BCUT2D eigenvalue weighted by atomic mass is 19.4. The summed E-state index contributed by atoms with van der Waals surface area (Å²) in [6.07, 6.45) is -3.24. The van der Waals surface area contributed by atoms with Crippen LogP contribution in [-0.4, -0.2) is 74.9 Å². The van der Waals surface area contributed by atoms with Gasteiger partial charge < -0.3 is 23.8 Å². The number of carboxylic acids is 1. The average Bonchev–Trinajstić information content (AvgIpc) is 3.30. The van der Waals surface area contributed by atoms with E-state index in [1.165, 1.54) is 4.90 Å². The number of carboxylic acid groups (broad SMARTS) is 1. The smallest absolute Gasteiger partial charge is 0.475 e. The minimum atomic E-state index is -5.08. The van der Waals surface area contributed by atoms with Gasteiger partial charge in [0.05, 0.1) is 30.2 Å². The van der Waals surface area contributed by atoms with E-state index in [0.29, 0.717) is 6.61 Å². The summed E-state index contributed by atoms with van der Waals surface area (Å²) >= 11 is 0. The molecule has 0 fully saturated rings. The normalized spacial score (nSPS) is 16.2. The van der Waals surface area contributed by atoms with Crippen LogP contribution in [-0.2, 0) is 34.0 Å². The van der Waals surface area contributed by atoms with E-state index >= 15 is 0 Å². The molecule has 0 spiro atoms. The van der Waals surface area contributed by atoms with Crippen LogP contribution in [0, 0.1) is 6.92 Å². The zero-order valence-corrected chi connectivity index (χ0v) is 18.2. The van der Waals surface area contributed by atoms with Crippen LogP contribution >= 0.6 is 0 Å². The minimum Gasteiger partial charge on any atom is -0.475 e. The van der Waals surface area contributed by atoms with E-state index in [1.807, 2.05) is 19.2 Å². The van der Waals surface area contributed by atoms with Gasteiger partial charge in [0, 0.05) is 39.8 Å². The van der Waals surface area contributed by atoms with Crippen molar-refractivity contribution in [1.29, 1.82) is 0 Å². The first kappa shape index (κ1) is 25.3. The maximum absolute atomic E-state index is 11.6. The zero-order chi connectivity index (χ0) is 24.1. The zero-order valence-electron chi connectivity index (χ0n) is 18.2. The van der Waals surface area contributed by atoms with Gasteiger partial charge in [-0.3, -0.25) is 9.69 Å². The van der Waals surface area contributed by atoms with Gasteiger partial charge in [0.15, 0.2) is 0 Å². The molecule has 0 aliphatic carbocycles. The lowest BCUT2D eigenvalue weighted by Gasteiger charge is -2.33. The van der Waals surface area contributed by atoms with Crippen LogP contribution in [0.1, 0.15) is 35.9 Å². The first-order chi connectivity index (χ1) is 14.9. The molecule has 1 aliphatic rings. The van der Waals surface area contributed by atoms with E-state index in [-0.39, 0.29) is 18.6 Å². The lowest BCUT2D eigenvalue weighted by molar-refractivity contribution is -0.192. The number of likely N-dealkylation sites (N-methyl/N-ethyl adjacent to an activating group) is 1. The molecule has 1 aliphatic heterocycles. The lowest BCUT2D eigenvalue weighted by Crippen LogP contribution is -2.37. The number of alkyl halides is 3. The second-order valence-corrected chi connectivity index (χ2v) is 7.42. The highest BCUT2D eigenvalue weighted by Crippen LogP contribution is 2.27. The SMILES string of the molecule is Cc1cc(CN2CCn3c(COCC(=O)N(C)C)cnc3C2C)no1.O=C(O)C(F)(F)F. The molecule has 13 heteroatoms. The Hall–Kier alpha value is -2.93. The Morgan fingerprint density at radius 2 is 2.00 bits per heavy atom. The van der Waals surface area contributed by atoms with E-state index in [2.05, 4.69) is 26.5 Å². The first-order valence-electron chi connectivity index (χ1n) is 9.68. The van der Waals surface area contributed by atoms with Crippen molar-refractivity contribution >= 4 is 11.9 Å². The van der Waals surface area contributed by atoms with E-state index in [9.17, 15) is 18.0 Å². The standard InChI is InChI=1S/C17H25N5O3.C2HF3O2/c1-12-7-14(19-25-12)9-21-5-6-22-15(8-18-17(22)13(21)2)10-24-11-16(23)20(3)4;3-2(4,5)1(6)7/h7-8,13H,5-6,9-11H2,1-4H3;(H,6,7). The number of imidazole rings is 1. The van der Waals surface area contributed by atoms with Gasteiger partial charge in [0.1, 0.15) is 18.2 Å². The molecule has 0 bridgehead atoms. The maximum atomic E-state index is 11.6. The van der Waals surface area contributed by atoms with Crippen molar-refractivity contribution in [2.24, 2.45) is 0 Å². The highest BCUT2D eigenvalue weighted by molar-refractivity contribution is 5.76. The number of nitrogens with zero attached hydrogens (tertiary/aromatic N) is 5. The first-order valence-corrected chi connectivity index (χ1v) is 9.68. The molecule has 0 radical (unpaired) electrons. The summed E-state index contributed by atoms with van der Waals surface area (Å²) in [7, 11) is 3.44. The fraction of sp³-hybridized carbons (Fsp3) is 0.579. The fourth-order valence-electron chi connectivity index (χ4n) is 3.01. The molecule has 32 heavy (non-hydrogen) atoms. The predicted octanol–water partition coefficient (Wildman–Crippen LogP) is 1.99. The Balaban J connectivity index is 0.000000451. The molecule has 2 aromatic rings. The van der Waals surface area contributed by atoms with Crippen LogP contribution in [0.2, 0.25) is 0 Å². The van der Waals surface area contributed by atoms with Crippen molar-refractivity contribution in [2.45, 2.75) is 45.8 Å². The fourth-order valence-corrected chi connectivity index (χ4v) is 3.01. The van der Waals surface area contributed by atoms with Gasteiger partial charge in [-0.2, -0.15) is 13.2 Å². The largest absolute Gasteiger partial charge is 0.490 e. The van der Waals surface area contributed by atoms with Crippen LogP contribution in [0.3, 0.4) is 0 Å². The topological polar surface area (TPSA) is 114 Å². The Bertz CT molecular complexity index is 925. The Kier molecular flexibility index (Phi) is 8.38. The second-order valence-electron chi connectivity index (χ2n) is 7.42. The molecular formula is C19H26F3N5O5. The van der Waals surface area contributed by atoms with Crippen LogP contribution in [0.4, 0.5) is 13.2 Å². The lowest BCUT2D eigenvalue weighted by atomic mass is 10.2. The Morgan fingerprint density at radius 1 is 1.34 bits per heavy atom. The van der Waals surface area contributed by atoms with Crippen LogP contribution < -0.4 is 0 Å². The molecule has 0 saturated heterocycles. The van der Waals surface area contributed by atoms with E-state index in [1.54, 1.807) is 14.1 Å². The van der Waals surface area contributed by atoms with Gasteiger partial charge in [0.2, 0.25) is 5.91 Å². The van der Waals surface area contributed by atoms with Crippen molar-refractivity contribution in [2.75, 3.05) is 27.2 Å². The molecule has 10 nitrogen and oxygen atoms in total. The number of halogens is 3. The molecular weight excluding hydrogens is 435 g/mol. The number of rotatable bonds is 6. The molecule has 1 amide bonds. The summed E-state index contributed by atoms with van der Waals surface area (Å²) in [5.41, 5.74) is 1.94. The number of hydrogen-bond donors (Lipinski definition) is 1. The molecule has 0 saturated carbocycles. The molecule has 1 unspecified atom stereocenters. The monoisotopic (exact) mass is 461 g/mol. The van der Waals surface area contributed by atoms with Gasteiger partial charge in [0.25, 0.3) is 0 Å². The van der Waals surface area contributed by atoms with Gasteiger partial charge >= 0.3 is 12.1 Å². The van der Waals surface area contributed by atoms with Gasteiger partial charge in [-0.25, -0.2) is 9.78 Å². The third kappa shape index (κ3) is 6.79. The summed E-state index contributed by atoms with van der Waals surface area (Å²) < 4.78 is 44.6. The third-order valence-electron chi connectivity index (χ3n) is 4.76. The van der Waals surface area contributed by atoms with E-state index in [4.69, 9.17) is 19.2 Å². The Labute approximate surface area is 182 Å². The average molecular weight is 461 g/mol. The van der Waals surface area contributed by atoms with Crippen LogP contribution in [0.25, 0.3) is 0 Å². The molecule has 0 aromatic carbocycles. The van der Waals surface area contributed by atoms with Gasteiger partial charge in [-0.05, 0) is 13.8 Å². The van der Waals surface area contributed by atoms with Crippen LogP contribution in [0.15, 0.2) is 16.8 Å². The summed E-state index contributed by atoms with van der Waals surface area (Å²) in [6, 6.07) is 2.15. The number of carbonyl (C=O) groups is 2. The number of ether oxygens (including phenoxy) is 1. The third-order valence-corrected chi connectivity index (χ3v) is 4.76. The summed E-state index contributed by atoms with van der Waals surface area (Å²) in [4.78, 5) is 28.9.